The first-order valence-corrected chi connectivity index (χ1v) is 3.87. The minimum atomic E-state index is -0.785. The van der Waals surface area contributed by atoms with Gasteiger partial charge in [0.2, 0.25) is 0 Å². The van der Waals surface area contributed by atoms with E-state index in [-0.39, 0.29) is 6.61 Å². The van der Waals surface area contributed by atoms with Crippen molar-refractivity contribution in [3.8, 4) is 6.07 Å². The third kappa shape index (κ3) is 2.12. The molecule has 0 aliphatic rings. The van der Waals surface area contributed by atoms with Gasteiger partial charge in [-0.3, -0.25) is 0 Å². The third-order valence-corrected chi connectivity index (χ3v) is 3.08. The molecule has 4 heteroatoms. The number of rotatable bonds is 2. The second kappa shape index (κ2) is 3.44. The van der Waals surface area contributed by atoms with Crippen LogP contribution in [0.2, 0.25) is 0 Å². The Bertz CT molecular complexity index is 105. The lowest BCUT2D eigenvalue weighted by molar-refractivity contribution is 0.283. The number of alkyl halides is 2. The lowest BCUT2D eigenvalue weighted by Crippen LogP contribution is -2.24. The summed E-state index contributed by atoms with van der Waals surface area (Å²) in [5.74, 6) is 0. The molecule has 46 valence electrons. The van der Waals surface area contributed by atoms with Crippen LogP contribution in [0.1, 0.15) is 0 Å². The van der Waals surface area contributed by atoms with E-state index in [1.165, 1.54) is 0 Å². The molecule has 0 aliphatic heterocycles. The van der Waals surface area contributed by atoms with Gasteiger partial charge in [0, 0.05) is 5.33 Å². The van der Waals surface area contributed by atoms with Gasteiger partial charge in [0.25, 0.3) is 0 Å². The lowest BCUT2D eigenvalue weighted by atomic mass is 10.2. The van der Waals surface area contributed by atoms with Gasteiger partial charge in [0.1, 0.15) is 4.32 Å². The maximum absolute atomic E-state index is 8.49. The second-order valence-corrected chi connectivity index (χ2v) is 3.45. The van der Waals surface area contributed by atoms with Crippen LogP contribution >= 0.6 is 31.9 Å². The first kappa shape index (κ1) is 8.41. The standard InChI is InChI=1S/C4H5Br2NO/c5-1-4(6,2-7)3-8/h8H,1,3H2. The number of hydrogen-bond acceptors (Lipinski definition) is 2. The molecule has 8 heavy (non-hydrogen) atoms. The highest BCUT2D eigenvalue weighted by molar-refractivity contribution is 9.12. The maximum Gasteiger partial charge on any atom is 0.144 e. The fraction of sp³-hybridized carbons (Fsp3) is 0.750. The highest BCUT2D eigenvalue weighted by atomic mass is 79.9. The van der Waals surface area contributed by atoms with Crippen LogP contribution in [0.15, 0.2) is 0 Å². The molecule has 0 heterocycles. The Morgan fingerprint density at radius 2 is 2.25 bits per heavy atom. The predicted octanol–water partition coefficient (Wildman–Crippen LogP) is 1.03. The summed E-state index contributed by atoms with van der Waals surface area (Å²) in [6, 6.07) is 1.90. The van der Waals surface area contributed by atoms with Crippen LogP contribution in [0, 0.1) is 11.3 Å². The molecule has 0 rings (SSSR count). The molecule has 1 unspecified atom stereocenters. The monoisotopic (exact) mass is 241 g/mol. The zero-order valence-electron chi connectivity index (χ0n) is 4.06. The summed E-state index contributed by atoms with van der Waals surface area (Å²) < 4.78 is -0.785. The largest absolute Gasteiger partial charge is 0.394 e. The average Bonchev–Trinajstić information content (AvgIpc) is 1.87. The quantitative estimate of drug-likeness (QED) is 0.736. The van der Waals surface area contributed by atoms with Gasteiger partial charge in [-0.2, -0.15) is 5.26 Å². The molecule has 0 fully saturated rings. The van der Waals surface area contributed by atoms with Crippen molar-refractivity contribution in [3.63, 3.8) is 0 Å². The molecule has 0 aromatic heterocycles. The fourth-order valence-electron chi connectivity index (χ4n) is 0.107. The Morgan fingerprint density at radius 3 is 2.25 bits per heavy atom. The Morgan fingerprint density at radius 1 is 1.75 bits per heavy atom. The Kier molecular flexibility index (Phi) is 3.61. The molecular weight excluding hydrogens is 238 g/mol. The predicted molar refractivity (Wildman–Crippen MR) is 38.2 cm³/mol. The van der Waals surface area contributed by atoms with Crippen molar-refractivity contribution in [1.29, 1.82) is 5.26 Å². The highest BCUT2D eigenvalue weighted by Crippen LogP contribution is 2.17. The summed E-state index contributed by atoms with van der Waals surface area (Å²) in [6.45, 7) is -0.172. The normalized spacial score (nSPS) is 16.8. The van der Waals surface area contributed by atoms with Gasteiger partial charge in [0.15, 0.2) is 0 Å². The number of aliphatic hydroxyl groups excluding tert-OH is 1. The van der Waals surface area contributed by atoms with Crippen molar-refractivity contribution >= 4 is 31.9 Å². The molecule has 0 saturated heterocycles. The van der Waals surface area contributed by atoms with Gasteiger partial charge in [0.05, 0.1) is 12.7 Å². The number of nitrogens with zero attached hydrogens (tertiary/aromatic N) is 1. The van der Waals surface area contributed by atoms with Crippen molar-refractivity contribution in [2.75, 3.05) is 11.9 Å². The van der Waals surface area contributed by atoms with Crippen LogP contribution in [-0.4, -0.2) is 21.4 Å². The van der Waals surface area contributed by atoms with E-state index < -0.39 is 4.32 Å². The van der Waals surface area contributed by atoms with Gasteiger partial charge >= 0.3 is 0 Å². The lowest BCUT2D eigenvalue weighted by Gasteiger charge is -2.09. The molecule has 1 N–H and O–H groups in total. The van der Waals surface area contributed by atoms with Gasteiger partial charge in [-0.05, 0) is 0 Å². The molecule has 0 aliphatic carbocycles. The molecule has 0 spiro atoms. The Labute approximate surface area is 64.8 Å². The van der Waals surface area contributed by atoms with Crippen LogP contribution in [-0.2, 0) is 0 Å². The molecule has 0 saturated carbocycles. The molecule has 2 nitrogen and oxygen atoms in total. The molecule has 0 radical (unpaired) electrons. The maximum atomic E-state index is 8.49. The van der Waals surface area contributed by atoms with Crippen LogP contribution in [0.3, 0.4) is 0 Å². The zero-order chi connectivity index (χ0) is 6.62. The van der Waals surface area contributed by atoms with E-state index in [1.54, 1.807) is 0 Å². The number of nitriles is 1. The van der Waals surface area contributed by atoms with E-state index in [0.29, 0.717) is 5.33 Å². The van der Waals surface area contributed by atoms with Gasteiger partial charge < -0.3 is 5.11 Å². The van der Waals surface area contributed by atoms with E-state index in [9.17, 15) is 0 Å². The molecular formula is C4H5Br2NO. The number of hydrogen-bond donors (Lipinski definition) is 1. The Hall–Kier alpha value is 0.410. The molecule has 0 aromatic carbocycles. The molecule has 0 amide bonds. The summed E-state index contributed by atoms with van der Waals surface area (Å²) >= 11 is 6.09. The van der Waals surface area contributed by atoms with Gasteiger partial charge in [-0.25, -0.2) is 0 Å². The van der Waals surface area contributed by atoms with Crippen molar-refractivity contribution in [1.82, 2.24) is 0 Å². The van der Waals surface area contributed by atoms with Crippen LogP contribution in [0.4, 0.5) is 0 Å². The molecule has 0 bridgehead atoms. The van der Waals surface area contributed by atoms with Crippen molar-refractivity contribution < 1.29 is 5.11 Å². The second-order valence-electron chi connectivity index (χ2n) is 1.37. The topological polar surface area (TPSA) is 44.0 Å². The van der Waals surface area contributed by atoms with E-state index in [4.69, 9.17) is 10.4 Å². The van der Waals surface area contributed by atoms with E-state index in [1.807, 2.05) is 6.07 Å². The van der Waals surface area contributed by atoms with E-state index in [0.717, 1.165) is 0 Å². The zero-order valence-corrected chi connectivity index (χ0v) is 7.24. The summed E-state index contributed by atoms with van der Waals surface area (Å²) in [7, 11) is 0. The summed E-state index contributed by atoms with van der Waals surface area (Å²) in [5, 5.41) is 17.2. The minimum absolute atomic E-state index is 0.172. The smallest absolute Gasteiger partial charge is 0.144 e. The SMILES string of the molecule is N#CC(Br)(CO)CBr. The minimum Gasteiger partial charge on any atom is -0.394 e. The van der Waals surface area contributed by atoms with Crippen LogP contribution < -0.4 is 0 Å². The number of halogens is 2. The van der Waals surface area contributed by atoms with Crippen molar-refractivity contribution in [2.45, 2.75) is 4.32 Å². The average molecular weight is 243 g/mol. The first-order chi connectivity index (χ1) is 3.68. The van der Waals surface area contributed by atoms with Gasteiger partial charge in [-0.1, -0.05) is 31.9 Å². The van der Waals surface area contributed by atoms with Gasteiger partial charge in [-0.15, -0.1) is 0 Å². The highest BCUT2D eigenvalue weighted by Gasteiger charge is 2.22. The molecule has 1 atom stereocenters. The number of aliphatic hydroxyl groups is 1. The van der Waals surface area contributed by atoms with Crippen molar-refractivity contribution in [2.24, 2.45) is 0 Å². The first-order valence-electron chi connectivity index (χ1n) is 1.95. The van der Waals surface area contributed by atoms with Crippen LogP contribution in [0.5, 0.6) is 0 Å². The summed E-state index contributed by atoms with van der Waals surface area (Å²) in [6.07, 6.45) is 0. The summed E-state index contributed by atoms with van der Waals surface area (Å²) in [5.41, 5.74) is 0. The van der Waals surface area contributed by atoms with E-state index in [2.05, 4.69) is 31.9 Å². The summed E-state index contributed by atoms with van der Waals surface area (Å²) in [4.78, 5) is 0. The van der Waals surface area contributed by atoms with Crippen molar-refractivity contribution in [3.05, 3.63) is 0 Å². The molecule has 0 aromatic rings. The third-order valence-electron chi connectivity index (χ3n) is 0.663. The van der Waals surface area contributed by atoms with E-state index >= 15 is 0 Å². The fourth-order valence-corrected chi connectivity index (χ4v) is 0.410. The Balaban J connectivity index is 3.83. The van der Waals surface area contributed by atoms with Crippen LogP contribution in [0.25, 0.3) is 0 Å².